The number of aromatic nitrogens is 2. The Morgan fingerprint density at radius 2 is 2.05 bits per heavy atom. The number of nitrogens with zero attached hydrogens (tertiary/aromatic N) is 2. The first-order valence-electron chi connectivity index (χ1n) is 6.71. The molecule has 6 heteroatoms. The van der Waals surface area contributed by atoms with E-state index in [4.69, 9.17) is 20.9 Å². The molecule has 0 amide bonds. The highest BCUT2D eigenvalue weighted by molar-refractivity contribution is 6.30. The SMILES string of the molecule is COc1cccc(-c2noc(NCc3cccc(Cl)c3)n2)c1. The molecule has 0 aliphatic rings. The Morgan fingerprint density at radius 1 is 1.18 bits per heavy atom. The molecule has 1 heterocycles. The van der Waals surface area contributed by atoms with Gasteiger partial charge in [0.1, 0.15) is 5.75 Å². The summed E-state index contributed by atoms with van der Waals surface area (Å²) >= 11 is 5.95. The number of halogens is 1. The van der Waals surface area contributed by atoms with E-state index in [1.807, 2.05) is 48.5 Å². The van der Waals surface area contributed by atoms with Crippen LogP contribution in [0.2, 0.25) is 5.02 Å². The summed E-state index contributed by atoms with van der Waals surface area (Å²) in [4.78, 5) is 4.32. The Bertz CT molecular complexity index is 773. The average molecular weight is 316 g/mol. The van der Waals surface area contributed by atoms with Crippen LogP contribution in [0.25, 0.3) is 11.4 Å². The molecule has 0 aliphatic heterocycles. The van der Waals surface area contributed by atoms with E-state index in [1.54, 1.807) is 7.11 Å². The molecule has 1 N–H and O–H groups in total. The summed E-state index contributed by atoms with van der Waals surface area (Å²) in [6.45, 7) is 0.556. The van der Waals surface area contributed by atoms with Gasteiger partial charge in [-0.25, -0.2) is 0 Å². The summed E-state index contributed by atoms with van der Waals surface area (Å²) in [6.07, 6.45) is 0. The molecule has 22 heavy (non-hydrogen) atoms. The topological polar surface area (TPSA) is 60.2 Å². The van der Waals surface area contributed by atoms with E-state index in [1.165, 1.54) is 0 Å². The Balaban J connectivity index is 1.71. The summed E-state index contributed by atoms with van der Waals surface area (Å²) in [5.41, 5.74) is 1.87. The lowest BCUT2D eigenvalue weighted by Gasteiger charge is -2.01. The van der Waals surface area contributed by atoms with Gasteiger partial charge in [-0.15, -0.1) is 0 Å². The van der Waals surface area contributed by atoms with Crippen molar-refractivity contribution in [3.63, 3.8) is 0 Å². The van der Waals surface area contributed by atoms with Crippen LogP contribution in [0.15, 0.2) is 53.1 Å². The van der Waals surface area contributed by atoms with Crippen LogP contribution in [0.4, 0.5) is 6.01 Å². The highest BCUT2D eigenvalue weighted by Gasteiger charge is 2.09. The van der Waals surface area contributed by atoms with Crippen molar-refractivity contribution in [1.82, 2.24) is 10.1 Å². The largest absolute Gasteiger partial charge is 0.497 e. The minimum atomic E-state index is 0.359. The molecule has 0 saturated heterocycles. The fraction of sp³-hybridized carbons (Fsp3) is 0.125. The number of hydrogen-bond donors (Lipinski definition) is 1. The zero-order chi connectivity index (χ0) is 15.4. The van der Waals surface area contributed by atoms with E-state index >= 15 is 0 Å². The van der Waals surface area contributed by atoms with Crippen molar-refractivity contribution in [3.05, 3.63) is 59.1 Å². The third-order valence-corrected chi connectivity index (χ3v) is 3.32. The zero-order valence-corrected chi connectivity index (χ0v) is 12.7. The molecule has 0 atom stereocenters. The van der Waals surface area contributed by atoms with Crippen LogP contribution in [0.1, 0.15) is 5.56 Å². The standard InChI is InChI=1S/C16H14ClN3O2/c1-21-14-7-3-5-12(9-14)15-19-16(22-20-15)18-10-11-4-2-6-13(17)8-11/h2-9H,10H2,1H3,(H,18,19,20). The first kappa shape index (κ1) is 14.4. The number of ether oxygens (including phenoxy) is 1. The Labute approximate surface area is 132 Å². The molecular weight excluding hydrogens is 302 g/mol. The number of rotatable bonds is 5. The van der Waals surface area contributed by atoms with Crippen LogP contribution >= 0.6 is 11.6 Å². The van der Waals surface area contributed by atoms with Gasteiger partial charge in [-0.1, -0.05) is 41.0 Å². The average Bonchev–Trinajstić information content (AvgIpc) is 3.02. The van der Waals surface area contributed by atoms with Gasteiger partial charge in [0.2, 0.25) is 5.82 Å². The molecule has 2 aromatic carbocycles. The van der Waals surface area contributed by atoms with Crippen molar-refractivity contribution in [3.8, 4) is 17.1 Å². The van der Waals surface area contributed by atoms with Crippen LogP contribution in [-0.2, 0) is 6.54 Å². The molecule has 0 fully saturated rings. The third-order valence-electron chi connectivity index (χ3n) is 3.09. The van der Waals surface area contributed by atoms with Crippen LogP contribution in [-0.4, -0.2) is 17.3 Å². The van der Waals surface area contributed by atoms with E-state index in [9.17, 15) is 0 Å². The fourth-order valence-electron chi connectivity index (χ4n) is 2.00. The van der Waals surface area contributed by atoms with Gasteiger partial charge >= 0.3 is 6.01 Å². The summed E-state index contributed by atoms with van der Waals surface area (Å²) < 4.78 is 10.4. The molecular formula is C16H14ClN3O2. The molecule has 0 saturated carbocycles. The van der Waals surface area contributed by atoms with Crippen LogP contribution in [0.3, 0.4) is 0 Å². The molecule has 0 spiro atoms. The van der Waals surface area contributed by atoms with Crippen molar-refractivity contribution in [1.29, 1.82) is 0 Å². The molecule has 5 nitrogen and oxygen atoms in total. The van der Waals surface area contributed by atoms with Crippen molar-refractivity contribution >= 4 is 17.6 Å². The van der Waals surface area contributed by atoms with Crippen molar-refractivity contribution < 1.29 is 9.26 Å². The Kier molecular flexibility index (Phi) is 4.25. The summed E-state index contributed by atoms with van der Waals surface area (Å²) in [5, 5.41) is 7.73. The van der Waals surface area contributed by atoms with Crippen LogP contribution < -0.4 is 10.1 Å². The maximum atomic E-state index is 5.95. The summed E-state index contributed by atoms with van der Waals surface area (Å²) in [7, 11) is 1.62. The second-order valence-electron chi connectivity index (χ2n) is 4.64. The lowest BCUT2D eigenvalue weighted by molar-refractivity contribution is 0.414. The minimum absolute atomic E-state index is 0.359. The molecule has 3 aromatic rings. The molecule has 0 radical (unpaired) electrons. The predicted octanol–water partition coefficient (Wildman–Crippen LogP) is 4.01. The molecule has 0 bridgehead atoms. The van der Waals surface area contributed by atoms with Crippen molar-refractivity contribution in [2.45, 2.75) is 6.54 Å². The maximum Gasteiger partial charge on any atom is 0.322 e. The van der Waals surface area contributed by atoms with Gasteiger partial charge in [0.15, 0.2) is 0 Å². The van der Waals surface area contributed by atoms with Gasteiger partial charge in [-0.2, -0.15) is 4.98 Å². The lowest BCUT2D eigenvalue weighted by atomic mass is 10.2. The molecule has 1 aromatic heterocycles. The van der Waals surface area contributed by atoms with Gasteiger partial charge in [-0.3, -0.25) is 0 Å². The van der Waals surface area contributed by atoms with E-state index < -0.39 is 0 Å². The van der Waals surface area contributed by atoms with Gasteiger partial charge < -0.3 is 14.6 Å². The van der Waals surface area contributed by atoms with E-state index in [-0.39, 0.29) is 0 Å². The zero-order valence-electron chi connectivity index (χ0n) is 11.9. The number of nitrogens with one attached hydrogen (secondary N) is 1. The number of hydrogen-bond acceptors (Lipinski definition) is 5. The minimum Gasteiger partial charge on any atom is -0.497 e. The highest BCUT2D eigenvalue weighted by atomic mass is 35.5. The molecule has 0 unspecified atom stereocenters. The first-order chi connectivity index (χ1) is 10.7. The van der Waals surface area contributed by atoms with Crippen molar-refractivity contribution in [2.75, 3.05) is 12.4 Å². The number of benzene rings is 2. The fourth-order valence-corrected chi connectivity index (χ4v) is 2.21. The quantitative estimate of drug-likeness (QED) is 0.770. The predicted molar refractivity (Wildman–Crippen MR) is 85.1 cm³/mol. The van der Waals surface area contributed by atoms with Gasteiger partial charge in [-0.05, 0) is 29.8 Å². The van der Waals surface area contributed by atoms with Crippen molar-refractivity contribution in [2.24, 2.45) is 0 Å². The summed E-state index contributed by atoms with van der Waals surface area (Å²) in [5.74, 6) is 1.25. The molecule has 0 aliphatic carbocycles. The normalized spacial score (nSPS) is 10.5. The Morgan fingerprint density at radius 3 is 2.86 bits per heavy atom. The maximum absolute atomic E-state index is 5.95. The van der Waals surface area contributed by atoms with E-state index in [0.717, 1.165) is 16.9 Å². The second kappa shape index (κ2) is 6.49. The van der Waals surface area contributed by atoms with Gasteiger partial charge in [0.05, 0.1) is 7.11 Å². The second-order valence-corrected chi connectivity index (χ2v) is 5.08. The number of methoxy groups -OCH3 is 1. The van der Waals surface area contributed by atoms with Gasteiger partial charge in [0.25, 0.3) is 0 Å². The van der Waals surface area contributed by atoms with Gasteiger partial charge in [0, 0.05) is 17.1 Å². The number of anilines is 1. The monoisotopic (exact) mass is 315 g/mol. The molecule has 3 rings (SSSR count). The third kappa shape index (κ3) is 3.38. The molecule has 112 valence electrons. The Hall–Kier alpha value is -2.53. The lowest BCUT2D eigenvalue weighted by Crippen LogP contribution is -1.99. The summed E-state index contributed by atoms with van der Waals surface area (Å²) in [6, 6.07) is 15.4. The smallest absolute Gasteiger partial charge is 0.322 e. The first-order valence-corrected chi connectivity index (χ1v) is 7.09. The highest BCUT2D eigenvalue weighted by Crippen LogP contribution is 2.22. The van der Waals surface area contributed by atoms with E-state index in [2.05, 4.69) is 15.5 Å². The van der Waals surface area contributed by atoms with E-state index in [0.29, 0.717) is 23.4 Å². The van der Waals surface area contributed by atoms with Crippen LogP contribution in [0, 0.1) is 0 Å². The van der Waals surface area contributed by atoms with Crippen LogP contribution in [0.5, 0.6) is 5.75 Å².